The van der Waals surface area contributed by atoms with Crippen LogP contribution in [0.5, 0.6) is 0 Å². The first-order chi connectivity index (χ1) is 42.5. The lowest BCUT2D eigenvalue weighted by atomic mass is 10.0. The minimum Gasteiger partial charge on any atom is -0.462 e. The summed E-state index contributed by atoms with van der Waals surface area (Å²) in [6.07, 6.45) is 48.7. The van der Waals surface area contributed by atoms with E-state index >= 15 is 0 Å². The summed E-state index contributed by atoms with van der Waals surface area (Å²) in [4.78, 5) is 72.4. The van der Waals surface area contributed by atoms with Crippen LogP contribution in [0, 0.1) is 5.92 Å². The largest absolute Gasteiger partial charge is 0.472 e. The molecule has 0 aliphatic carbocycles. The zero-order valence-corrected chi connectivity index (χ0v) is 58.6. The van der Waals surface area contributed by atoms with E-state index in [1.807, 2.05) is 0 Å². The Kier molecular flexibility index (Phi) is 61.1. The van der Waals surface area contributed by atoms with Crippen LogP contribution in [0.15, 0.2) is 0 Å². The molecule has 0 saturated carbocycles. The highest BCUT2D eigenvalue weighted by Crippen LogP contribution is 2.45. The summed E-state index contributed by atoms with van der Waals surface area (Å²) in [5.74, 6) is -1.46. The van der Waals surface area contributed by atoms with Crippen molar-refractivity contribution in [3.8, 4) is 0 Å². The number of hydrogen-bond donors (Lipinski definition) is 3. The van der Waals surface area contributed by atoms with Crippen molar-refractivity contribution in [2.45, 2.75) is 374 Å². The molecule has 0 heterocycles. The molecule has 88 heavy (non-hydrogen) atoms. The summed E-state index contributed by atoms with van der Waals surface area (Å²) in [6, 6.07) is 0. The van der Waals surface area contributed by atoms with Gasteiger partial charge in [-0.05, 0) is 31.6 Å². The van der Waals surface area contributed by atoms with Crippen molar-refractivity contribution in [1.29, 1.82) is 0 Å². The Morgan fingerprint density at radius 2 is 0.523 bits per heavy atom. The number of aliphatic hydroxyl groups is 1. The smallest absolute Gasteiger partial charge is 0.462 e. The third-order valence-corrected chi connectivity index (χ3v) is 17.9. The molecule has 0 aromatic rings. The maximum absolute atomic E-state index is 13.0. The molecule has 19 heteroatoms. The molecule has 17 nitrogen and oxygen atoms in total. The van der Waals surface area contributed by atoms with E-state index in [0.29, 0.717) is 31.6 Å². The normalized spacial score (nSPS) is 14.1. The summed E-state index contributed by atoms with van der Waals surface area (Å²) in [7, 11) is -9.89. The molecule has 0 amide bonds. The highest BCUT2D eigenvalue weighted by atomic mass is 31.2. The third-order valence-electron chi connectivity index (χ3n) is 16.0. The van der Waals surface area contributed by atoms with Crippen molar-refractivity contribution in [2.75, 3.05) is 39.6 Å². The Morgan fingerprint density at radius 1 is 0.307 bits per heavy atom. The van der Waals surface area contributed by atoms with Crippen LogP contribution >= 0.6 is 15.6 Å². The summed E-state index contributed by atoms with van der Waals surface area (Å²) in [5, 5.41) is 10.6. The van der Waals surface area contributed by atoms with Gasteiger partial charge in [0.25, 0.3) is 0 Å². The molecule has 2 unspecified atom stereocenters. The molecule has 0 radical (unpaired) electrons. The van der Waals surface area contributed by atoms with E-state index < -0.39 is 97.5 Å². The SMILES string of the molecule is CCCCCCCCCCCCCCCCCCC(=O)O[C@H](COC(=O)CCCCCCCCCCCCCCCC)COP(=O)(O)OC[C@@H](O)COP(=O)(O)OC[C@@H](COC(=O)CCCCCCCCCCC)OC(=O)CCCCCCCCC(C)C. The van der Waals surface area contributed by atoms with E-state index in [-0.39, 0.29) is 25.7 Å². The number of aliphatic hydroxyl groups excluding tert-OH is 1. The first kappa shape index (κ1) is 86.1. The number of phosphoric acid groups is 2. The van der Waals surface area contributed by atoms with E-state index in [1.54, 1.807) is 0 Å². The van der Waals surface area contributed by atoms with Gasteiger partial charge in [0.1, 0.15) is 19.3 Å². The number of rotatable bonds is 69. The molecule has 0 aromatic carbocycles. The number of carbonyl (C=O) groups is 4. The van der Waals surface area contributed by atoms with Gasteiger partial charge in [0.15, 0.2) is 12.2 Å². The predicted octanol–water partition coefficient (Wildman–Crippen LogP) is 19.7. The Bertz CT molecular complexity index is 1700. The molecule has 0 bridgehead atoms. The minimum atomic E-state index is -4.95. The molecule has 0 aliphatic heterocycles. The maximum Gasteiger partial charge on any atom is 0.472 e. The molecule has 0 rings (SSSR count). The summed E-state index contributed by atoms with van der Waals surface area (Å²) in [5.41, 5.74) is 0. The second kappa shape index (κ2) is 62.5. The fraction of sp³-hybridized carbons (Fsp3) is 0.942. The van der Waals surface area contributed by atoms with E-state index in [1.165, 1.54) is 180 Å². The van der Waals surface area contributed by atoms with E-state index in [9.17, 15) is 43.2 Å². The van der Waals surface area contributed by atoms with Crippen molar-refractivity contribution in [3.05, 3.63) is 0 Å². The van der Waals surface area contributed by atoms with Crippen molar-refractivity contribution in [1.82, 2.24) is 0 Å². The molecular weight excluding hydrogens is 1160 g/mol. The van der Waals surface area contributed by atoms with Gasteiger partial charge < -0.3 is 33.8 Å². The van der Waals surface area contributed by atoms with Crippen molar-refractivity contribution in [2.24, 2.45) is 5.92 Å². The summed E-state index contributed by atoms with van der Waals surface area (Å²) >= 11 is 0. The Balaban J connectivity index is 5.21. The number of phosphoric ester groups is 2. The second-order valence-electron chi connectivity index (χ2n) is 25.4. The zero-order chi connectivity index (χ0) is 64.9. The van der Waals surface area contributed by atoms with Crippen molar-refractivity contribution >= 4 is 39.5 Å². The molecule has 0 aromatic heterocycles. The highest BCUT2D eigenvalue weighted by molar-refractivity contribution is 7.47. The third kappa shape index (κ3) is 62.8. The van der Waals surface area contributed by atoms with Gasteiger partial charge in [0, 0.05) is 25.7 Å². The van der Waals surface area contributed by atoms with Crippen LogP contribution in [-0.4, -0.2) is 96.7 Å². The molecule has 0 fully saturated rings. The molecular formula is C69H134O17P2. The van der Waals surface area contributed by atoms with Gasteiger partial charge in [-0.15, -0.1) is 0 Å². The molecule has 0 aliphatic rings. The van der Waals surface area contributed by atoms with Gasteiger partial charge in [-0.1, -0.05) is 304 Å². The first-order valence-electron chi connectivity index (χ1n) is 36.1. The average molecular weight is 1300 g/mol. The van der Waals surface area contributed by atoms with Crippen LogP contribution in [0.2, 0.25) is 0 Å². The lowest BCUT2D eigenvalue weighted by Gasteiger charge is -2.21. The Hall–Kier alpha value is -1.94. The van der Waals surface area contributed by atoms with Crippen LogP contribution in [0.1, 0.15) is 356 Å². The quantitative estimate of drug-likeness (QED) is 0.0222. The van der Waals surface area contributed by atoms with Crippen LogP contribution in [-0.2, 0) is 65.4 Å². The van der Waals surface area contributed by atoms with Crippen LogP contribution in [0.25, 0.3) is 0 Å². The molecule has 3 N–H and O–H groups in total. The van der Waals surface area contributed by atoms with E-state index in [2.05, 4.69) is 34.6 Å². The highest BCUT2D eigenvalue weighted by Gasteiger charge is 2.30. The first-order valence-corrected chi connectivity index (χ1v) is 39.1. The molecule has 0 spiro atoms. The van der Waals surface area contributed by atoms with Gasteiger partial charge in [-0.2, -0.15) is 0 Å². The summed E-state index contributed by atoms with van der Waals surface area (Å²) < 4.78 is 68.2. The second-order valence-corrected chi connectivity index (χ2v) is 28.3. The zero-order valence-electron chi connectivity index (χ0n) is 56.9. The number of carbonyl (C=O) groups excluding carboxylic acids is 4. The van der Waals surface area contributed by atoms with Crippen molar-refractivity contribution < 1.29 is 80.2 Å². The van der Waals surface area contributed by atoms with E-state index in [0.717, 1.165) is 89.9 Å². The fourth-order valence-electron chi connectivity index (χ4n) is 10.5. The monoisotopic (exact) mass is 1300 g/mol. The van der Waals surface area contributed by atoms with Gasteiger partial charge in [-0.25, -0.2) is 9.13 Å². The van der Waals surface area contributed by atoms with Crippen molar-refractivity contribution in [3.63, 3.8) is 0 Å². The standard InChI is InChI=1S/C69H134O17P2/c1-6-9-12-15-18-21-23-25-27-28-30-32-35-38-44-49-54-68(73)85-64(58-80-67(72)53-48-43-37-34-31-29-26-24-22-19-16-13-10-7-2)60-83-87(75,76)81-56-63(70)57-82-88(77,78)84-61-65(86-69(74)55-50-45-40-39-41-46-51-62(4)5)59-79-66(71)52-47-42-36-33-20-17-14-11-8-3/h62-65,70H,6-61H2,1-5H3,(H,75,76)(H,77,78)/t63-,64-,65-/m1/s1. The molecule has 522 valence electrons. The van der Waals surface area contributed by atoms with Gasteiger partial charge in [0.05, 0.1) is 26.4 Å². The minimum absolute atomic E-state index is 0.102. The Labute approximate surface area is 537 Å². The number of unbranched alkanes of at least 4 members (excludes halogenated alkanes) is 41. The van der Waals surface area contributed by atoms with Gasteiger partial charge in [-0.3, -0.25) is 37.3 Å². The number of ether oxygens (including phenoxy) is 4. The van der Waals surface area contributed by atoms with Crippen LogP contribution in [0.4, 0.5) is 0 Å². The predicted molar refractivity (Wildman–Crippen MR) is 354 cm³/mol. The number of esters is 4. The van der Waals surface area contributed by atoms with Gasteiger partial charge in [0.2, 0.25) is 0 Å². The fourth-order valence-corrected chi connectivity index (χ4v) is 12.0. The topological polar surface area (TPSA) is 237 Å². The van der Waals surface area contributed by atoms with Gasteiger partial charge >= 0.3 is 39.5 Å². The van der Waals surface area contributed by atoms with E-state index in [4.69, 9.17) is 37.0 Å². The Morgan fingerprint density at radius 3 is 0.773 bits per heavy atom. The van der Waals surface area contributed by atoms with Crippen LogP contribution < -0.4 is 0 Å². The molecule has 5 atom stereocenters. The average Bonchev–Trinajstić information content (AvgIpc) is 3.49. The number of hydrogen-bond acceptors (Lipinski definition) is 15. The summed E-state index contributed by atoms with van der Waals surface area (Å²) in [6.45, 7) is 7.14. The lowest BCUT2D eigenvalue weighted by molar-refractivity contribution is -0.161. The molecule has 0 saturated heterocycles. The maximum atomic E-state index is 13.0. The van der Waals surface area contributed by atoms with Crippen LogP contribution in [0.3, 0.4) is 0 Å². The lowest BCUT2D eigenvalue weighted by Crippen LogP contribution is -2.30.